The molecular formula is C16H17N5OS. The van der Waals surface area contributed by atoms with Gasteiger partial charge in [0, 0.05) is 30.9 Å². The first-order valence-corrected chi connectivity index (χ1v) is 8.47. The van der Waals surface area contributed by atoms with Crippen molar-refractivity contribution in [1.82, 2.24) is 23.4 Å². The number of amides is 1. The van der Waals surface area contributed by atoms with Crippen LogP contribution in [0, 0.1) is 0 Å². The van der Waals surface area contributed by atoms with Crippen molar-refractivity contribution >= 4 is 28.7 Å². The van der Waals surface area contributed by atoms with Gasteiger partial charge in [0.25, 0.3) is 5.91 Å². The molecule has 1 amide bonds. The average molecular weight is 327 g/mol. The molecular weight excluding hydrogens is 310 g/mol. The number of fused-ring (bicyclic) bond motifs is 1. The molecule has 118 valence electrons. The zero-order chi connectivity index (χ0) is 15.8. The summed E-state index contributed by atoms with van der Waals surface area (Å²) in [6, 6.07) is 5.67. The first-order chi connectivity index (χ1) is 11.2. The van der Waals surface area contributed by atoms with Crippen LogP contribution in [0.15, 0.2) is 30.6 Å². The Morgan fingerprint density at radius 3 is 2.96 bits per heavy atom. The van der Waals surface area contributed by atoms with Crippen LogP contribution < -0.4 is 0 Å². The third-order valence-electron chi connectivity index (χ3n) is 4.37. The van der Waals surface area contributed by atoms with Crippen LogP contribution in [0.2, 0.25) is 0 Å². The van der Waals surface area contributed by atoms with E-state index in [2.05, 4.69) is 13.8 Å². The van der Waals surface area contributed by atoms with E-state index in [1.807, 2.05) is 42.5 Å². The third-order valence-corrected chi connectivity index (χ3v) is 4.93. The number of rotatable bonds is 2. The Kier molecular flexibility index (Phi) is 3.57. The zero-order valence-corrected chi connectivity index (χ0v) is 13.7. The Hall–Kier alpha value is -2.28. The first kappa shape index (κ1) is 14.3. The summed E-state index contributed by atoms with van der Waals surface area (Å²) in [5.41, 5.74) is 3.42. The van der Waals surface area contributed by atoms with Crippen LogP contribution in [0.25, 0.3) is 11.0 Å². The van der Waals surface area contributed by atoms with E-state index < -0.39 is 0 Å². The monoisotopic (exact) mass is 327 g/mol. The number of carbonyl (C=O) groups excluding carboxylic acids is 1. The van der Waals surface area contributed by atoms with E-state index in [0.29, 0.717) is 5.56 Å². The summed E-state index contributed by atoms with van der Waals surface area (Å²) in [6.07, 6.45) is 7.03. The highest BCUT2D eigenvalue weighted by molar-refractivity contribution is 7.00. The van der Waals surface area contributed by atoms with Gasteiger partial charge in [0.05, 0.1) is 24.0 Å². The fourth-order valence-electron chi connectivity index (χ4n) is 3.21. The highest BCUT2D eigenvalue weighted by atomic mass is 32.1. The van der Waals surface area contributed by atoms with E-state index >= 15 is 0 Å². The molecule has 1 fully saturated rings. The highest BCUT2D eigenvalue weighted by Crippen LogP contribution is 2.32. The summed E-state index contributed by atoms with van der Waals surface area (Å²) < 4.78 is 10.2. The predicted octanol–water partition coefficient (Wildman–Crippen LogP) is 2.79. The van der Waals surface area contributed by atoms with Gasteiger partial charge in [-0.15, -0.1) is 0 Å². The molecule has 4 rings (SSSR count). The molecule has 0 spiro atoms. The smallest absolute Gasteiger partial charge is 0.254 e. The van der Waals surface area contributed by atoms with Crippen molar-refractivity contribution < 1.29 is 4.79 Å². The molecule has 23 heavy (non-hydrogen) atoms. The minimum Gasteiger partial charge on any atom is -0.331 e. The van der Waals surface area contributed by atoms with Crippen molar-refractivity contribution in [3.05, 3.63) is 41.7 Å². The molecule has 0 bridgehead atoms. The van der Waals surface area contributed by atoms with Crippen molar-refractivity contribution in [3.63, 3.8) is 0 Å². The van der Waals surface area contributed by atoms with Crippen LogP contribution in [0.5, 0.6) is 0 Å². The van der Waals surface area contributed by atoms with Crippen LogP contribution in [0.3, 0.4) is 0 Å². The normalized spacial score (nSPS) is 18.5. The van der Waals surface area contributed by atoms with Gasteiger partial charge in [0.1, 0.15) is 11.0 Å². The number of aryl methyl sites for hydroxylation is 1. The number of carbonyl (C=O) groups is 1. The molecule has 2 aromatic heterocycles. The average Bonchev–Trinajstić information content (AvgIpc) is 3.22. The molecule has 1 aliphatic heterocycles. The van der Waals surface area contributed by atoms with Crippen molar-refractivity contribution in [2.75, 3.05) is 6.54 Å². The summed E-state index contributed by atoms with van der Waals surface area (Å²) in [5.74, 6) is 0.0634. The number of hydrogen-bond donors (Lipinski definition) is 0. The second-order valence-corrected chi connectivity index (χ2v) is 6.45. The number of nitrogens with zero attached hydrogens (tertiary/aromatic N) is 5. The van der Waals surface area contributed by atoms with Gasteiger partial charge in [-0.3, -0.25) is 9.48 Å². The predicted molar refractivity (Wildman–Crippen MR) is 88.3 cm³/mol. The first-order valence-electron chi connectivity index (χ1n) is 7.74. The van der Waals surface area contributed by atoms with Gasteiger partial charge >= 0.3 is 0 Å². The topological polar surface area (TPSA) is 63.9 Å². The lowest BCUT2D eigenvalue weighted by Gasteiger charge is -2.35. The van der Waals surface area contributed by atoms with Crippen LogP contribution in [0.1, 0.15) is 41.2 Å². The molecule has 1 aliphatic rings. The van der Waals surface area contributed by atoms with Crippen molar-refractivity contribution in [2.24, 2.45) is 7.05 Å². The molecule has 1 saturated heterocycles. The Morgan fingerprint density at radius 1 is 1.26 bits per heavy atom. The summed E-state index contributed by atoms with van der Waals surface area (Å²) in [5, 5.41) is 4.25. The van der Waals surface area contributed by atoms with E-state index in [9.17, 15) is 4.79 Å². The number of aromatic nitrogens is 4. The maximum absolute atomic E-state index is 13.0. The van der Waals surface area contributed by atoms with E-state index in [4.69, 9.17) is 0 Å². The largest absolute Gasteiger partial charge is 0.331 e. The Morgan fingerprint density at radius 2 is 2.13 bits per heavy atom. The molecule has 3 aromatic rings. The van der Waals surface area contributed by atoms with E-state index in [1.165, 1.54) is 11.7 Å². The number of benzene rings is 1. The van der Waals surface area contributed by atoms with Crippen LogP contribution in [-0.4, -0.2) is 35.9 Å². The summed E-state index contributed by atoms with van der Waals surface area (Å²) in [6.45, 7) is 0.783. The fourth-order valence-corrected chi connectivity index (χ4v) is 3.73. The van der Waals surface area contributed by atoms with Gasteiger partial charge in [0.15, 0.2) is 0 Å². The van der Waals surface area contributed by atoms with E-state index in [0.717, 1.165) is 42.4 Å². The van der Waals surface area contributed by atoms with Crippen LogP contribution in [0.4, 0.5) is 0 Å². The summed E-state index contributed by atoms with van der Waals surface area (Å²) in [7, 11) is 1.90. The van der Waals surface area contributed by atoms with Crippen molar-refractivity contribution in [1.29, 1.82) is 0 Å². The highest BCUT2D eigenvalue weighted by Gasteiger charge is 2.29. The zero-order valence-electron chi connectivity index (χ0n) is 12.8. The minimum absolute atomic E-state index is 0.0634. The Balaban J connectivity index is 1.66. The van der Waals surface area contributed by atoms with Gasteiger partial charge in [-0.05, 0) is 37.5 Å². The molecule has 3 heterocycles. The molecule has 0 radical (unpaired) electrons. The van der Waals surface area contributed by atoms with Gasteiger partial charge in [-0.2, -0.15) is 13.8 Å². The van der Waals surface area contributed by atoms with Crippen LogP contribution >= 0.6 is 11.7 Å². The van der Waals surface area contributed by atoms with Crippen LogP contribution in [-0.2, 0) is 7.05 Å². The molecule has 0 N–H and O–H groups in total. The van der Waals surface area contributed by atoms with Gasteiger partial charge in [-0.25, -0.2) is 0 Å². The van der Waals surface area contributed by atoms with Gasteiger partial charge in [-0.1, -0.05) is 0 Å². The second kappa shape index (κ2) is 5.73. The molecule has 7 heteroatoms. The number of hydrogen-bond acceptors (Lipinski definition) is 5. The lowest BCUT2D eigenvalue weighted by Crippen LogP contribution is -2.38. The molecule has 0 aliphatic carbocycles. The molecule has 6 nitrogen and oxygen atoms in total. The Bertz CT molecular complexity index is 855. The maximum atomic E-state index is 13.0. The molecule has 1 atom stereocenters. The Labute approximate surface area is 138 Å². The number of likely N-dealkylation sites (tertiary alicyclic amines) is 1. The SMILES string of the molecule is Cn1cc([C@H]2CCCCN2C(=O)c2ccc3nsnc3c2)cn1. The van der Waals surface area contributed by atoms with E-state index in [1.54, 1.807) is 4.68 Å². The maximum Gasteiger partial charge on any atom is 0.254 e. The standard InChI is InChI=1S/C16H17N5OS/c1-20-10-12(9-17-20)15-4-2-3-7-21(15)16(22)11-5-6-13-14(8-11)19-23-18-13/h5-6,8-10,15H,2-4,7H2,1H3/t15-/m1/s1. The quantitative estimate of drug-likeness (QED) is 0.726. The van der Waals surface area contributed by atoms with E-state index in [-0.39, 0.29) is 11.9 Å². The summed E-state index contributed by atoms with van der Waals surface area (Å²) >= 11 is 1.17. The van der Waals surface area contributed by atoms with Crippen molar-refractivity contribution in [3.8, 4) is 0 Å². The third kappa shape index (κ3) is 2.61. The second-order valence-electron chi connectivity index (χ2n) is 5.93. The fraction of sp³-hybridized carbons (Fsp3) is 0.375. The number of piperidine rings is 1. The minimum atomic E-state index is 0.0634. The molecule has 0 unspecified atom stereocenters. The van der Waals surface area contributed by atoms with Crippen molar-refractivity contribution in [2.45, 2.75) is 25.3 Å². The lowest BCUT2D eigenvalue weighted by atomic mass is 9.96. The lowest BCUT2D eigenvalue weighted by molar-refractivity contribution is 0.0611. The molecule has 1 aromatic carbocycles. The molecule has 0 saturated carbocycles. The summed E-state index contributed by atoms with van der Waals surface area (Å²) in [4.78, 5) is 15.0. The van der Waals surface area contributed by atoms with Gasteiger partial charge < -0.3 is 4.90 Å². The van der Waals surface area contributed by atoms with Gasteiger partial charge in [0.2, 0.25) is 0 Å².